The second kappa shape index (κ2) is 4.35. The van der Waals surface area contributed by atoms with E-state index in [4.69, 9.17) is 5.73 Å². The molecule has 2 aromatic rings. The Morgan fingerprint density at radius 1 is 1.22 bits per heavy atom. The Hall–Kier alpha value is -1.42. The topological polar surface area (TPSA) is 51.8 Å². The van der Waals surface area contributed by atoms with Crippen LogP contribution in [0.1, 0.15) is 23.2 Å². The fourth-order valence-corrected chi connectivity index (χ4v) is 2.78. The first-order valence-corrected chi connectivity index (χ1v) is 6.86. The molecule has 0 amide bonds. The summed E-state index contributed by atoms with van der Waals surface area (Å²) in [5.74, 6) is 1.39. The lowest BCUT2D eigenvalue weighted by Crippen LogP contribution is -2.03. The summed E-state index contributed by atoms with van der Waals surface area (Å²) in [5, 5.41) is 0. The summed E-state index contributed by atoms with van der Waals surface area (Å²) in [7, 11) is 0. The molecule has 1 aliphatic rings. The van der Waals surface area contributed by atoms with E-state index < -0.39 is 0 Å². The smallest absolute Gasteiger partial charge is 0.162 e. The number of nitrogens with two attached hydrogens (primary N) is 1. The Morgan fingerprint density at radius 3 is 2.89 bits per heavy atom. The molecule has 0 spiro atoms. The molecule has 1 aromatic heterocycles. The number of hydrogen-bond donors (Lipinski definition) is 1. The van der Waals surface area contributed by atoms with Crippen LogP contribution in [0.4, 0.5) is 5.82 Å². The average Bonchev–Trinajstić information content (AvgIpc) is 2.81. The van der Waals surface area contributed by atoms with Crippen LogP contribution in [0.2, 0.25) is 0 Å². The van der Waals surface area contributed by atoms with Gasteiger partial charge >= 0.3 is 0 Å². The minimum absolute atomic E-state index is 0.645. The van der Waals surface area contributed by atoms with Crippen LogP contribution < -0.4 is 5.73 Å². The fourth-order valence-electron chi connectivity index (χ4n) is 2.42. The highest BCUT2D eigenvalue weighted by atomic mass is 79.9. The van der Waals surface area contributed by atoms with Gasteiger partial charge in [0.05, 0.1) is 0 Å². The van der Waals surface area contributed by atoms with Gasteiger partial charge in [-0.05, 0) is 43.9 Å². The molecular weight excluding hydrogens is 290 g/mol. The molecule has 0 radical (unpaired) electrons. The molecule has 0 unspecified atom stereocenters. The van der Waals surface area contributed by atoms with Gasteiger partial charge in [0.2, 0.25) is 0 Å². The quantitative estimate of drug-likeness (QED) is 0.879. The maximum atomic E-state index is 6.04. The van der Waals surface area contributed by atoms with Crippen LogP contribution in [0.3, 0.4) is 0 Å². The number of rotatable bonds is 1. The highest BCUT2D eigenvalue weighted by molar-refractivity contribution is 9.10. The van der Waals surface area contributed by atoms with Crippen molar-refractivity contribution in [1.29, 1.82) is 0 Å². The molecule has 0 bridgehead atoms. The van der Waals surface area contributed by atoms with Crippen molar-refractivity contribution < 1.29 is 0 Å². The summed E-state index contributed by atoms with van der Waals surface area (Å²) in [5.41, 5.74) is 10.5. The molecule has 3 rings (SSSR count). The van der Waals surface area contributed by atoms with Crippen LogP contribution in [-0.2, 0) is 12.8 Å². The molecule has 1 heterocycles. The number of aromatic nitrogens is 2. The highest BCUT2D eigenvalue weighted by Gasteiger charge is 2.18. The summed E-state index contributed by atoms with van der Waals surface area (Å²) in [6.45, 7) is 2.06. The van der Waals surface area contributed by atoms with Gasteiger partial charge in [-0.3, -0.25) is 0 Å². The van der Waals surface area contributed by atoms with Gasteiger partial charge in [-0.25, -0.2) is 9.97 Å². The van der Waals surface area contributed by atoms with Gasteiger partial charge in [0.15, 0.2) is 5.82 Å². The van der Waals surface area contributed by atoms with E-state index in [0.717, 1.165) is 51.9 Å². The molecule has 92 valence electrons. The standard InChI is InChI=1S/C14H14BrN3/c1-8-5-6-9(15)7-11(8)14-17-12-4-2-3-10(12)13(16)18-14/h5-7H,2-4H2,1H3,(H2,16,17,18). The van der Waals surface area contributed by atoms with Crippen LogP contribution in [0.25, 0.3) is 11.4 Å². The molecule has 0 aliphatic heterocycles. The number of nitrogens with zero attached hydrogens (tertiary/aromatic N) is 2. The zero-order valence-electron chi connectivity index (χ0n) is 10.2. The van der Waals surface area contributed by atoms with Crippen molar-refractivity contribution >= 4 is 21.7 Å². The summed E-state index contributed by atoms with van der Waals surface area (Å²) in [4.78, 5) is 9.14. The lowest BCUT2D eigenvalue weighted by molar-refractivity contribution is 0.900. The van der Waals surface area contributed by atoms with Crippen molar-refractivity contribution in [2.24, 2.45) is 0 Å². The Morgan fingerprint density at radius 2 is 2.06 bits per heavy atom. The zero-order chi connectivity index (χ0) is 12.7. The largest absolute Gasteiger partial charge is 0.383 e. The molecule has 1 aromatic carbocycles. The zero-order valence-corrected chi connectivity index (χ0v) is 11.8. The molecule has 0 fully saturated rings. The van der Waals surface area contributed by atoms with E-state index in [9.17, 15) is 0 Å². The van der Waals surface area contributed by atoms with Crippen molar-refractivity contribution in [1.82, 2.24) is 9.97 Å². The molecule has 0 atom stereocenters. The van der Waals surface area contributed by atoms with E-state index in [0.29, 0.717) is 5.82 Å². The number of anilines is 1. The number of fused-ring (bicyclic) bond motifs is 1. The van der Waals surface area contributed by atoms with Crippen molar-refractivity contribution in [3.8, 4) is 11.4 Å². The summed E-state index contributed by atoms with van der Waals surface area (Å²) in [6.07, 6.45) is 3.16. The highest BCUT2D eigenvalue weighted by Crippen LogP contribution is 2.29. The summed E-state index contributed by atoms with van der Waals surface area (Å²) in [6, 6.07) is 6.13. The second-order valence-electron chi connectivity index (χ2n) is 4.67. The number of benzene rings is 1. The molecule has 1 aliphatic carbocycles. The normalized spacial score (nSPS) is 13.7. The van der Waals surface area contributed by atoms with Gasteiger partial charge in [0, 0.05) is 21.3 Å². The molecule has 2 N–H and O–H groups in total. The van der Waals surface area contributed by atoms with E-state index >= 15 is 0 Å². The van der Waals surface area contributed by atoms with E-state index in [-0.39, 0.29) is 0 Å². The average molecular weight is 304 g/mol. The fraction of sp³-hybridized carbons (Fsp3) is 0.286. The van der Waals surface area contributed by atoms with Crippen molar-refractivity contribution in [3.63, 3.8) is 0 Å². The Bertz CT molecular complexity index is 623. The predicted molar refractivity (Wildman–Crippen MR) is 76.3 cm³/mol. The van der Waals surface area contributed by atoms with Crippen molar-refractivity contribution in [2.75, 3.05) is 5.73 Å². The summed E-state index contributed by atoms with van der Waals surface area (Å²) < 4.78 is 1.03. The number of aryl methyl sites for hydroxylation is 2. The third-order valence-electron chi connectivity index (χ3n) is 3.41. The Balaban J connectivity index is 2.18. The number of halogens is 1. The molecule has 0 saturated carbocycles. The van der Waals surface area contributed by atoms with Gasteiger partial charge < -0.3 is 5.73 Å². The van der Waals surface area contributed by atoms with Crippen LogP contribution in [0.5, 0.6) is 0 Å². The van der Waals surface area contributed by atoms with E-state index in [1.54, 1.807) is 0 Å². The maximum absolute atomic E-state index is 6.04. The Labute approximate surface area is 115 Å². The van der Waals surface area contributed by atoms with E-state index in [2.05, 4.69) is 38.9 Å². The van der Waals surface area contributed by atoms with Gasteiger partial charge in [0.1, 0.15) is 5.82 Å². The first kappa shape index (κ1) is 11.7. The molecular formula is C14H14BrN3. The van der Waals surface area contributed by atoms with Crippen molar-refractivity contribution in [3.05, 3.63) is 39.5 Å². The van der Waals surface area contributed by atoms with E-state index in [1.807, 2.05) is 12.1 Å². The lowest BCUT2D eigenvalue weighted by Gasteiger charge is -2.09. The minimum atomic E-state index is 0.645. The molecule has 3 nitrogen and oxygen atoms in total. The first-order chi connectivity index (χ1) is 8.65. The van der Waals surface area contributed by atoms with Crippen molar-refractivity contribution in [2.45, 2.75) is 26.2 Å². The van der Waals surface area contributed by atoms with Gasteiger partial charge in [0.25, 0.3) is 0 Å². The second-order valence-corrected chi connectivity index (χ2v) is 5.59. The third kappa shape index (κ3) is 1.90. The first-order valence-electron chi connectivity index (χ1n) is 6.07. The number of hydrogen-bond acceptors (Lipinski definition) is 3. The van der Waals surface area contributed by atoms with Crippen LogP contribution >= 0.6 is 15.9 Å². The summed E-state index contributed by atoms with van der Waals surface area (Å²) >= 11 is 3.49. The Kier molecular flexibility index (Phi) is 2.82. The molecule has 4 heteroatoms. The van der Waals surface area contributed by atoms with Gasteiger partial charge in [-0.15, -0.1) is 0 Å². The van der Waals surface area contributed by atoms with Crippen LogP contribution in [0.15, 0.2) is 22.7 Å². The van der Waals surface area contributed by atoms with Gasteiger partial charge in [-0.1, -0.05) is 22.0 Å². The predicted octanol–water partition coefficient (Wildman–Crippen LogP) is 3.29. The minimum Gasteiger partial charge on any atom is -0.383 e. The van der Waals surface area contributed by atoms with Crippen LogP contribution in [0, 0.1) is 6.92 Å². The van der Waals surface area contributed by atoms with E-state index in [1.165, 1.54) is 0 Å². The van der Waals surface area contributed by atoms with Gasteiger partial charge in [-0.2, -0.15) is 0 Å². The number of nitrogen functional groups attached to an aromatic ring is 1. The molecule has 18 heavy (non-hydrogen) atoms. The third-order valence-corrected chi connectivity index (χ3v) is 3.90. The maximum Gasteiger partial charge on any atom is 0.162 e. The molecule has 0 saturated heterocycles. The lowest BCUT2D eigenvalue weighted by atomic mass is 10.1. The monoisotopic (exact) mass is 303 g/mol. The SMILES string of the molecule is Cc1ccc(Br)cc1-c1nc(N)c2c(n1)CCC2. The van der Waals surface area contributed by atoms with Crippen LogP contribution in [-0.4, -0.2) is 9.97 Å².